The largest absolute Gasteiger partial charge is 0.460 e. The van der Waals surface area contributed by atoms with E-state index in [-0.39, 0.29) is 37.5 Å². The van der Waals surface area contributed by atoms with Crippen LogP contribution >= 0.6 is 0 Å². The summed E-state index contributed by atoms with van der Waals surface area (Å²) >= 11 is 0. The number of carbonyl (C=O) groups excluding carboxylic acids is 1. The molecule has 11 heteroatoms. The normalized spacial score (nSPS) is 15.8. The number of nitrogens with two attached hydrogens (primary N) is 1. The SMILES string of the molecule is CN(C)S(=O)(=O)N1CCN(c2cccc(COC(=O)CC(=N)N)c2F)CC1. The molecule has 1 fully saturated rings. The van der Waals surface area contributed by atoms with Crippen molar-refractivity contribution in [2.75, 3.05) is 45.2 Å². The Labute approximate surface area is 158 Å². The van der Waals surface area contributed by atoms with E-state index in [9.17, 15) is 17.6 Å². The third-order valence-corrected chi connectivity index (χ3v) is 6.09. The molecule has 0 aromatic heterocycles. The number of hydrogen-bond donors (Lipinski definition) is 2. The highest BCUT2D eigenvalue weighted by atomic mass is 32.2. The number of nitrogens with one attached hydrogen (secondary N) is 1. The van der Waals surface area contributed by atoms with E-state index in [1.165, 1.54) is 24.5 Å². The molecule has 1 aliphatic heterocycles. The van der Waals surface area contributed by atoms with E-state index in [0.29, 0.717) is 18.8 Å². The Bertz CT molecular complexity index is 807. The first-order valence-electron chi connectivity index (χ1n) is 8.31. The van der Waals surface area contributed by atoms with Crippen molar-refractivity contribution < 1.29 is 22.3 Å². The fraction of sp³-hybridized carbons (Fsp3) is 0.500. The number of piperazine rings is 1. The molecule has 1 aliphatic rings. The molecule has 1 heterocycles. The van der Waals surface area contributed by atoms with Crippen LogP contribution in [0, 0.1) is 11.2 Å². The quantitative estimate of drug-likeness (QED) is 0.381. The van der Waals surface area contributed by atoms with Gasteiger partial charge in [-0.15, -0.1) is 0 Å². The summed E-state index contributed by atoms with van der Waals surface area (Å²) in [5.41, 5.74) is 5.66. The molecule has 1 saturated heterocycles. The minimum absolute atomic E-state index is 0.202. The summed E-state index contributed by atoms with van der Waals surface area (Å²) in [5, 5.41) is 7.05. The smallest absolute Gasteiger partial charge is 0.313 e. The Kier molecular flexibility index (Phi) is 6.73. The van der Waals surface area contributed by atoms with E-state index in [2.05, 4.69) is 0 Å². The van der Waals surface area contributed by atoms with Crippen molar-refractivity contribution in [1.82, 2.24) is 8.61 Å². The molecule has 0 saturated carbocycles. The fourth-order valence-electron chi connectivity index (χ4n) is 2.68. The summed E-state index contributed by atoms with van der Waals surface area (Å²) < 4.78 is 46.6. The average molecular weight is 401 g/mol. The van der Waals surface area contributed by atoms with Crippen LogP contribution in [-0.4, -0.2) is 69.1 Å². The zero-order valence-corrected chi connectivity index (χ0v) is 16.1. The molecule has 0 bridgehead atoms. The van der Waals surface area contributed by atoms with Crippen LogP contribution in [0.3, 0.4) is 0 Å². The van der Waals surface area contributed by atoms with Crippen molar-refractivity contribution in [2.45, 2.75) is 13.0 Å². The minimum atomic E-state index is -3.49. The predicted molar refractivity (Wildman–Crippen MR) is 99.1 cm³/mol. The second kappa shape index (κ2) is 8.63. The van der Waals surface area contributed by atoms with E-state index < -0.39 is 22.0 Å². The number of anilines is 1. The number of nitrogens with zero attached hydrogens (tertiary/aromatic N) is 3. The second-order valence-electron chi connectivity index (χ2n) is 6.29. The lowest BCUT2D eigenvalue weighted by molar-refractivity contribution is -0.143. The summed E-state index contributed by atoms with van der Waals surface area (Å²) in [7, 11) is -0.550. The molecule has 1 aromatic carbocycles. The van der Waals surface area contributed by atoms with Crippen molar-refractivity contribution >= 4 is 27.7 Å². The molecule has 2 rings (SSSR count). The van der Waals surface area contributed by atoms with Crippen LogP contribution in [0.2, 0.25) is 0 Å². The van der Waals surface area contributed by atoms with Gasteiger partial charge in [0.25, 0.3) is 10.2 Å². The monoisotopic (exact) mass is 401 g/mol. The molecule has 0 aliphatic carbocycles. The molecule has 9 nitrogen and oxygen atoms in total. The number of carbonyl (C=O) groups is 1. The maximum Gasteiger partial charge on any atom is 0.313 e. The van der Waals surface area contributed by atoms with E-state index in [1.807, 2.05) is 0 Å². The van der Waals surface area contributed by atoms with Crippen LogP contribution < -0.4 is 10.6 Å². The highest BCUT2D eigenvalue weighted by molar-refractivity contribution is 7.86. The predicted octanol–water partition coefficient (Wildman–Crippen LogP) is 0.123. The van der Waals surface area contributed by atoms with Gasteiger partial charge < -0.3 is 15.4 Å². The lowest BCUT2D eigenvalue weighted by Gasteiger charge is -2.36. The van der Waals surface area contributed by atoms with Crippen LogP contribution in [0.25, 0.3) is 0 Å². The minimum Gasteiger partial charge on any atom is -0.460 e. The maximum absolute atomic E-state index is 14.8. The molecular weight excluding hydrogens is 377 g/mol. The number of halogens is 1. The maximum atomic E-state index is 14.8. The number of ether oxygens (including phenoxy) is 1. The van der Waals surface area contributed by atoms with Crippen molar-refractivity contribution in [3.05, 3.63) is 29.6 Å². The molecule has 27 heavy (non-hydrogen) atoms. The van der Waals surface area contributed by atoms with Gasteiger partial charge in [-0.05, 0) is 6.07 Å². The van der Waals surface area contributed by atoms with Gasteiger partial charge in [-0.3, -0.25) is 10.2 Å². The van der Waals surface area contributed by atoms with Crippen LogP contribution in [0.4, 0.5) is 10.1 Å². The highest BCUT2D eigenvalue weighted by Gasteiger charge is 2.29. The van der Waals surface area contributed by atoms with Gasteiger partial charge in [-0.1, -0.05) is 12.1 Å². The Balaban J connectivity index is 2.04. The van der Waals surface area contributed by atoms with Gasteiger partial charge in [-0.2, -0.15) is 17.0 Å². The first-order chi connectivity index (χ1) is 12.6. The summed E-state index contributed by atoms with van der Waals surface area (Å²) in [4.78, 5) is 13.2. The van der Waals surface area contributed by atoms with Crippen molar-refractivity contribution in [2.24, 2.45) is 5.73 Å². The van der Waals surface area contributed by atoms with E-state index >= 15 is 0 Å². The standard InChI is InChI=1S/C16H24FN5O4S/c1-20(2)27(24,25)22-8-6-21(7-9-22)13-5-3-4-12(16(13)17)11-26-15(23)10-14(18)19/h3-5H,6-11H2,1-2H3,(H3,18,19). The van der Waals surface area contributed by atoms with Gasteiger partial charge in [-0.25, -0.2) is 4.39 Å². The number of esters is 1. The molecule has 0 unspecified atom stereocenters. The molecular formula is C16H24FN5O4S. The molecule has 0 amide bonds. The lowest BCUT2D eigenvalue weighted by Crippen LogP contribution is -2.51. The summed E-state index contributed by atoms with van der Waals surface area (Å²) in [6.07, 6.45) is -0.344. The number of hydrogen-bond acceptors (Lipinski definition) is 6. The topological polar surface area (TPSA) is 120 Å². The van der Waals surface area contributed by atoms with E-state index in [4.69, 9.17) is 15.9 Å². The number of amidine groups is 1. The summed E-state index contributed by atoms with van der Waals surface area (Å²) in [6.45, 7) is 0.922. The van der Waals surface area contributed by atoms with Crippen LogP contribution in [0.15, 0.2) is 18.2 Å². The van der Waals surface area contributed by atoms with Crippen molar-refractivity contribution in [1.29, 1.82) is 5.41 Å². The highest BCUT2D eigenvalue weighted by Crippen LogP contribution is 2.25. The second-order valence-corrected chi connectivity index (χ2v) is 8.43. The summed E-state index contributed by atoms with van der Waals surface area (Å²) in [5.74, 6) is -1.54. The van der Waals surface area contributed by atoms with Gasteiger partial charge in [0.15, 0.2) is 5.82 Å². The Morgan fingerprint density at radius 3 is 2.48 bits per heavy atom. The first-order valence-corrected chi connectivity index (χ1v) is 9.71. The van der Waals surface area contributed by atoms with Crippen LogP contribution in [-0.2, 0) is 26.3 Å². The number of rotatable bonds is 7. The van der Waals surface area contributed by atoms with Gasteiger partial charge in [0.2, 0.25) is 0 Å². The Morgan fingerprint density at radius 2 is 1.93 bits per heavy atom. The average Bonchev–Trinajstić information content (AvgIpc) is 2.60. The third-order valence-electron chi connectivity index (χ3n) is 4.15. The van der Waals surface area contributed by atoms with Crippen molar-refractivity contribution in [3.8, 4) is 0 Å². The van der Waals surface area contributed by atoms with Gasteiger partial charge in [0.1, 0.15) is 18.9 Å². The zero-order valence-electron chi connectivity index (χ0n) is 15.3. The van der Waals surface area contributed by atoms with Crippen LogP contribution in [0.5, 0.6) is 0 Å². The first kappa shape index (κ1) is 21.1. The molecule has 0 spiro atoms. The summed E-state index contributed by atoms with van der Waals surface area (Å²) in [6, 6.07) is 4.76. The van der Waals surface area contributed by atoms with Gasteiger partial charge >= 0.3 is 5.97 Å². The van der Waals surface area contributed by atoms with Crippen molar-refractivity contribution in [3.63, 3.8) is 0 Å². The molecule has 3 N–H and O–H groups in total. The van der Waals surface area contributed by atoms with Gasteiger partial charge in [0.05, 0.1) is 5.69 Å². The third kappa shape index (κ3) is 5.15. The van der Waals surface area contributed by atoms with Crippen LogP contribution in [0.1, 0.15) is 12.0 Å². The zero-order chi connectivity index (χ0) is 20.2. The van der Waals surface area contributed by atoms with Gasteiger partial charge in [0, 0.05) is 45.8 Å². The molecule has 150 valence electrons. The Hall–Kier alpha value is -2.24. The van der Waals surface area contributed by atoms with E-state index in [1.54, 1.807) is 17.0 Å². The lowest BCUT2D eigenvalue weighted by atomic mass is 10.1. The molecule has 1 aromatic rings. The Morgan fingerprint density at radius 1 is 1.30 bits per heavy atom. The number of benzene rings is 1. The molecule has 0 radical (unpaired) electrons. The van der Waals surface area contributed by atoms with E-state index in [0.717, 1.165) is 4.31 Å². The fourth-order valence-corrected chi connectivity index (χ4v) is 3.76. The molecule has 0 atom stereocenters.